The van der Waals surface area contributed by atoms with Crippen molar-refractivity contribution >= 4 is 34.9 Å². The third-order valence-electron chi connectivity index (χ3n) is 12.0. The van der Waals surface area contributed by atoms with Crippen molar-refractivity contribution in [2.24, 2.45) is 41.2 Å². The molecule has 47 heavy (non-hydrogen) atoms. The first-order valence-corrected chi connectivity index (χ1v) is 16.2. The Balaban J connectivity index is 1.15. The third-order valence-corrected chi connectivity index (χ3v) is 12.0. The van der Waals surface area contributed by atoms with Crippen molar-refractivity contribution in [1.29, 1.82) is 0 Å². The van der Waals surface area contributed by atoms with Crippen molar-refractivity contribution < 1.29 is 44.3 Å². The van der Waals surface area contributed by atoms with Gasteiger partial charge in [-0.25, -0.2) is 0 Å². The summed E-state index contributed by atoms with van der Waals surface area (Å²) in [6.45, 7) is 0. The summed E-state index contributed by atoms with van der Waals surface area (Å²) in [7, 11) is 2.93. The zero-order valence-electron chi connectivity index (χ0n) is 26.0. The number of carbonyl (C=O) groups excluding carboxylic acids is 3. The topological polar surface area (TPSA) is 220 Å². The monoisotopic (exact) mass is 646 g/mol. The van der Waals surface area contributed by atoms with Gasteiger partial charge in [0.1, 0.15) is 29.1 Å². The number of phenolic OH excluding ortho intramolecular Hbond substituents is 1. The second-order valence-corrected chi connectivity index (χ2v) is 14.7. The fourth-order valence-electron chi connectivity index (χ4n) is 10.4. The van der Waals surface area contributed by atoms with Gasteiger partial charge in [0.05, 0.1) is 35.0 Å². The number of ketones is 2. The molecular formula is C34H38N4O9. The van der Waals surface area contributed by atoms with Crippen molar-refractivity contribution in [3.8, 4) is 5.75 Å². The Bertz CT molecular complexity index is 1780. The predicted molar refractivity (Wildman–Crippen MR) is 165 cm³/mol. The number of aromatic nitrogens is 1. The molecule has 248 valence electrons. The molecule has 8 N–H and O–H groups in total. The van der Waals surface area contributed by atoms with E-state index < -0.39 is 75.5 Å². The van der Waals surface area contributed by atoms with E-state index in [0.717, 1.165) is 17.5 Å². The van der Waals surface area contributed by atoms with E-state index in [1.54, 1.807) is 18.4 Å². The number of nitrogens with two attached hydrogens (primary N) is 1. The Morgan fingerprint density at radius 3 is 2.34 bits per heavy atom. The van der Waals surface area contributed by atoms with E-state index in [2.05, 4.69) is 5.32 Å². The number of aliphatic hydroxyl groups is 4. The number of primary amides is 1. The maximum absolute atomic E-state index is 14.1. The van der Waals surface area contributed by atoms with Crippen LogP contribution in [0.25, 0.3) is 5.76 Å². The Hall–Kier alpha value is -4.20. The van der Waals surface area contributed by atoms with Gasteiger partial charge in [0, 0.05) is 17.4 Å². The largest absolute Gasteiger partial charge is 0.508 e. The number of aliphatic hydroxyl groups excluding tert-OH is 3. The summed E-state index contributed by atoms with van der Waals surface area (Å²) in [6, 6.07) is 1.98. The summed E-state index contributed by atoms with van der Waals surface area (Å²) in [5, 5.41) is 60.4. The number of phenols is 1. The molecule has 0 aliphatic heterocycles. The number of benzene rings is 1. The molecule has 7 aliphatic rings. The average Bonchev–Trinajstić information content (AvgIpc) is 3.45. The van der Waals surface area contributed by atoms with Gasteiger partial charge in [-0.05, 0) is 87.9 Å². The molecule has 5 fully saturated rings. The number of aromatic hydroxyl groups is 1. The molecule has 1 aromatic heterocycles. The van der Waals surface area contributed by atoms with E-state index in [-0.39, 0.29) is 23.7 Å². The Labute approximate surface area is 269 Å². The lowest BCUT2D eigenvalue weighted by atomic mass is 9.51. The normalized spacial score (nSPS) is 37.3. The van der Waals surface area contributed by atoms with Gasteiger partial charge in [-0.15, -0.1) is 0 Å². The Kier molecular flexibility index (Phi) is 6.51. The van der Waals surface area contributed by atoms with Crippen LogP contribution in [-0.4, -0.2) is 84.7 Å². The van der Waals surface area contributed by atoms with Crippen LogP contribution in [0.1, 0.15) is 54.8 Å². The molecule has 0 radical (unpaired) electrons. The van der Waals surface area contributed by atoms with Gasteiger partial charge in [0.25, 0.3) is 11.9 Å². The number of nitrogens with zero attached hydrogens (tertiary/aromatic N) is 2. The van der Waals surface area contributed by atoms with Crippen LogP contribution in [0.2, 0.25) is 0 Å². The molecule has 4 bridgehead atoms. The number of Topliss-reactive ketones (excluding diaryl/α,β-unsaturated/α-hetero) is 2. The number of rotatable bonds is 5. The van der Waals surface area contributed by atoms with E-state index in [4.69, 9.17) is 15.1 Å². The number of hydrogen-bond donors (Lipinski definition) is 7. The number of carbonyl (C=O) groups is 3. The van der Waals surface area contributed by atoms with E-state index in [1.807, 2.05) is 0 Å². The van der Waals surface area contributed by atoms with Crippen molar-refractivity contribution in [2.45, 2.75) is 62.2 Å². The number of likely N-dealkylation sites (N-methyl/N-ethyl adjacent to an activating group) is 1. The highest BCUT2D eigenvalue weighted by Gasteiger charge is 2.67. The molecule has 0 unspecified atom stereocenters. The molecule has 5 atom stereocenters. The molecule has 13 nitrogen and oxygen atoms in total. The number of hydrogen-bond acceptors (Lipinski definition) is 12. The van der Waals surface area contributed by atoms with Gasteiger partial charge in [-0.1, -0.05) is 6.07 Å². The van der Waals surface area contributed by atoms with Gasteiger partial charge >= 0.3 is 0 Å². The summed E-state index contributed by atoms with van der Waals surface area (Å²) >= 11 is 0. The van der Waals surface area contributed by atoms with Crippen LogP contribution in [0.3, 0.4) is 0 Å². The number of amides is 1. The highest BCUT2D eigenvalue weighted by atomic mass is 16.4. The van der Waals surface area contributed by atoms with E-state index in [0.29, 0.717) is 23.3 Å². The summed E-state index contributed by atoms with van der Waals surface area (Å²) in [5.74, 6) is -5.43. The molecule has 7 aliphatic carbocycles. The number of anilines is 2. The van der Waals surface area contributed by atoms with E-state index in [1.165, 1.54) is 51.1 Å². The van der Waals surface area contributed by atoms with Crippen LogP contribution in [0.5, 0.6) is 5.75 Å². The quantitative estimate of drug-likeness (QED) is 0.184. The zero-order chi connectivity index (χ0) is 33.3. The van der Waals surface area contributed by atoms with Crippen LogP contribution in [0, 0.1) is 35.5 Å². The molecule has 5 saturated carbocycles. The van der Waals surface area contributed by atoms with Gasteiger partial charge in [-0.2, -0.15) is 4.98 Å². The molecule has 13 heteroatoms. The Morgan fingerprint density at radius 1 is 1.06 bits per heavy atom. The van der Waals surface area contributed by atoms with E-state index in [9.17, 15) is 39.9 Å². The molecular weight excluding hydrogens is 608 g/mol. The fourth-order valence-corrected chi connectivity index (χ4v) is 10.4. The van der Waals surface area contributed by atoms with Gasteiger partial charge in [0.2, 0.25) is 5.78 Å². The summed E-state index contributed by atoms with van der Waals surface area (Å²) < 4.78 is 5.79. The smallest absolute Gasteiger partial charge is 0.299 e. The number of fused-ring (bicyclic) bond motifs is 3. The van der Waals surface area contributed by atoms with E-state index >= 15 is 0 Å². The molecule has 1 amide bonds. The van der Waals surface area contributed by atoms with Gasteiger partial charge < -0.3 is 41.0 Å². The number of oxazole rings is 1. The van der Waals surface area contributed by atoms with Crippen LogP contribution in [-0.2, 0) is 20.8 Å². The van der Waals surface area contributed by atoms with Crippen LogP contribution in [0.15, 0.2) is 39.7 Å². The highest BCUT2D eigenvalue weighted by Crippen LogP contribution is 2.60. The van der Waals surface area contributed by atoms with Crippen molar-refractivity contribution in [3.63, 3.8) is 0 Å². The minimum Gasteiger partial charge on any atom is -0.508 e. The SMILES string of the molecule is CN(C)[C@H]1C(=O)C(C(N)=O)=C(O)[C@]2(O)C(=O)C3=C(O)c4c(ccc(Nc5nc(C6C7CC8CC(C7)CC6C8)co5)c4O)C[C@@H]3[C@@H](O)[C@H]12. The van der Waals surface area contributed by atoms with Crippen molar-refractivity contribution in [3.05, 3.63) is 52.1 Å². The molecule has 9 rings (SSSR count). The highest BCUT2D eigenvalue weighted by molar-refractivity contribution is 6.24. The van der Waals surface area contributed by atoms with Crippen LogP contribution >= 0.6 is 0 Å². The lowest BCUT2D eigenvalue weighted by Crippen LogP contribution is -2.70. The molecule has 0 spiro atoms. The van der Waals surface area contributed by atoms with Gasteiger partial charge in [0.15, 0.2) is 11.4 Å². The fraction of sp³-hybridized carbons (Fsp3) is 0.529. The number of nitrogens with one attached hydrogen (secondary N) is 1. The maximum Gasteiger partial charge on any atom is 0.299 e. The second-order valence-electron chi connectivity index (χ2n) is 14.7. The van der Waals surface area contributed by atoms with Crippen LogP contribution < -0.4 is 11.1 Å². The lowest BCUT2D eigenvalue weighted by molar-refractivity contribution is -0.168. The minimum absolute atomic E-state index is 0.0425. The molecule has 0 saturated heterocycles. The first kappa shape index (κ1) is 30.2. The Morgan fingerprint density at radius 2 is 1.72 bits per heavy atom. The maximum atomic E-state index is 14.1. The molecule has 1 aromatic carbocycles. The second kappa shape index (κ2) is 10.1. The summed E-state index contributed by atoms with van der Waals surface area (Å²) in [4.78, 5) is 45.7. The average molecular weight is 647 g/mol. The standard InChI is InChI=1S/C34H38N4O9/c1-38(2)25-24-26(39)17-10-14-3-4-18(36-33-37-19(11-47-33)20-15-6-12-5-13(8-15)9-16(20)7-12)27(40)21(14)28(41)22(17)30(43)34(24,46)31(44)23(29(25)42)32(35)45/h3-4,11-13,15-17,20,24-26,39-41,44,46H,5-10H2,1-2H3,(H2,35,45)(H,36,37)/t12?,13?,15?,16?,17-,20?,24-,25+,26+,34+/m0/s1. The van der Waals surface area contributed by atoms with Gasteiger partial charge in [-0.3, -0.25) is 19.3 Å². The lowest BCUT2D eigenvalue weighted by Gasteiger charge is -2.53. The minimum atomic E-state index is -2.96. The van der Waals surface area contributed by atoms with Crippen LogP contribution in [0.4, 0.5) is 11.7 Å². The third kappa shape index (κ3) is 4.05. The first-order valence-electron chi connectivity index (χ1n) is 16.2. The molecule has 1 heterocycles. The summed E-state index contributed by atoms with van der Waals surface area (Å²) in [6.07, 6.45) is 6.23. The summed E-state index contributed by atoms with van der Waals surface area (Å²) in [5.41, 5.74) is 2.35. The predicted octanol–water partition coefficient (Wildman–Crippen LogP) is 2.21. The molecule has 2 aromatic rings. The first-order chi connectivity index (χ1) is 22.3. The van der Waals surface area contributed by atoms with Crippen molar-refractivity contribution in [2.75, 3.05) is 19.4 Å². The zero-order valence-corrected chi connectivity index (χ0v) is 26.0. The van der Waals surface area contributed by atoms with Crippen molar-refractivity contribution in [1.82, 2.24) is 9.88 Å².